The van der Waals surface area contributed by atoms with Gasteiger partial charge in [0.25, 0.3) is 0 Å². The van der Waals surface area contributed by atoms with Crippen molar-refractivity contribution in [2.45, 2.75) is 117 Å². The van der Waals surface area contributed by atoms with Crippen molar-refractivity contribution in [3.05, 3.63) is 0 Å². The zero-order valence-corrected chi connectivity index (χ0v) is 19.5. The summed E-state index contributed by atoms with van der Waals surface area (Å²) in [5.74, 6) is 2.34. The van der Waals surface area contributed by atoms with Crippen molar-refractivity contribution in [1.29, 1.82) is 0 Å². The van der Waals surface area contributed by atoms with E-state index >= 15 is 0 Å². The highest BCUT2D eigenvalue weighted by Gasteiger charge is 2.35. The molecule has 2 heteroatoms. The summed E-state index contributed by atoms with van der Waals surface area (Å²) in [5, 5.41) is 0. The zero-order valence-electron chi connectivity index (χ0n) is 19.5. The van der Waals surface area contributed by atoms with Crippen LogP contribution in [-0.2, 0) is 4.79 Å². The van der Waals surface area contributed by atoms with E-state index < -0.39 is 0 Å². The van der Waals surface area contributed by atoms with Gasteiger partial charge in [0.15, 0.2) is 0 Å². The number of quaternary nitrogens is 1. The summed E-state index contributed by atoms with van der Waals surface area (Å²) in [4.78, 5) is 13.0. The molecule has 2 fully saturated rings. The lowest BCUT2D eigenvalue weighted by atomic mass is 9.74. The number of unbranched alkanes of at least 4 members (excludes halogenated alkanes) is 3. The number of hydrogen-bond donors (Lipinski definition) is 0. The number of carbonyl (C=O) groups excluding carboxylic acids is 1. The van der Waals surface area contributed by atoms with E-state index in [9.17, 15) is 4.79 Å². The van der Waals surface area contributed by atoms with Gasteiger partial charge in [-0.2, -0.15) is 0 Å². The van der Waals surface area contributed by atoms with Crippen LogP contribution in [-0.4, -0.2) is 36.4 Å². The predicted molar refractivity (Wildman–Crippen MR) is 121 cm³/mol. The average molecular weight is 393 g/mol. The first kappa shape index (κ1) is 23.9. The fourth-order valence-corrected chi connectivity index (χ4v) is 5.99. The fourth-order valence-electron chi connectivity index (χ4n) is 5.99. The predicted octanol–water partition coefficient (Wildman–Crippen LogP) is 7.16. The Labute approximate surface area is 176 Å². The van der Waals surface area contributed by atoms with E-state index in [0.717, 1.165) is 5.92 Å². The Hall–Kier alpha value is -0.370. The Morgan fingerprint density at radius 3 is 1.61 bits per heavy atom. The molecule has 2 saturated carbocycles. The summed E-state index contributed by atoms with van der Waals surface area (Å²) in [6, 6.07) is 0. The van der Waals surface area contributed by atoms with Crippen LogP contribution >= 0.6 is 0 Å². The molecule has 0 aromatic carbocycles. The van der Waals surface area contributed by atoms with Gasteiger partial charge in [0, 0.05) is 17.8 Å². The molecule has 0 spiro atoms. The molecule has 28 heavy (non-hydrogen) atoms. The number of hydrogen-bond acceptors (Lipinski definition) is 1. The normalized spacial score (nSPS) is 24.4. The van der Waals surface area contributed by atoms with Gasteiger partial charge in [-0.15, -0.1) is 0 Å². The third kappa shape index (κ3) is 7.47. The van der Waals surface area contributed by atoms with Crippen molar-refractivity contribution < 1.29 is 9.28 Å². The molecule has 0 amide bonds. The standard InChI is InChI=1S/C26H50NO/c1-4-7-19-27(20-8-5-2,21-9-6-3)22-23-15-17-25(18-16-23)26(28)24-13-11-10-12-14-24/h23-25H,4-22H2,1-3H3/q+1. The molecule has 2 nitrogen and oxygen atoms in total. The number of nitrogens with zero attached hydrogens (tertiary/aromatic N) is 1. The molecule has 0 unspecified atom stereocenters. The van der Waals surface area contributed by atoms with Gasteiger partial charge in [0.05, 0.1) is 26.2 Å². The fraction of sp³-hybridized carbons (Fsp3) is 0.962. The Balaban J connectivity index is 1.90. The van der Waals surface area contributed by atoms with Crippen molar-refractivity contribution in [3.63, 3.8) is 0 Å². The highest BCUT2D eigenvalue weighted by Crippen LogP contribution is 2.36. The number of carbonyl (C=O) groups is 1. The minimum absolute atomic E-state index is 0.406. The minimum atomic E-state index is 0.406. The molecule has 0 aromatic rings. The molecule has 0 atom stereocenters. The highest BCUT2D eigenvalue weighted by atomic mass is 16.1. The zero-order chi connectivity index (χ0) is 20.2. The van der Waals surface area contributed by atoms with Gasteiger partial charge < -0.3 is 4.48 Å². The molecular formula is C26H50NO+. The summed E-state index contributed by atoms with van der Waals surface area (Å²) in [6.45, 7) is 12.6. The van der Waals surface area contributed by atoms with Crippen molar-refractivity contribution in [2.24, 2.45) is 17.8 Å². The van der Waals surface area contributed by atoms with Crippen molar-refractivity contribution in [3.8, 4) is 0 Å². The Kier molecular flexibility index (Phi) is 11.1. The second kappa shape index (κ2) is 13.0. The van der Waals surface area contributed by atoms with Gasteiger partial charge in [-0.05, 0) is 57.8 Å². The Morgan fingerprint density at radius 2 is 1.14 bits per heavy atom. The van der Waals surface area contributed by atoms with Gasteiger partial charge in [-0.3, -0.25) is 4.79 Å². The quantitative estimate of drug-likeness (QED) is 0.304. The highest BCUT2D eigenvalue weighted by molar-refractivity contribution is 5.83. The second-order valence-corrected chi connectivity index (χ2v) is 10.2. The third-order valence-corrected chi connectivity index (χ3v) is 7.86. The number of ketones is 1. The van der Waals surface area contributed by atoms with Crippen LogP contribution in [0.5, 0.6) is 0 Å². The lowest BCUT2D eigenvalue weighted by Gasteiger charge is -2.43. The molecule has 2 aliphatic rings. The van der Waals surface area contributed by atoms with Crippen molar-refractivity contribution >= 4 is 5.78 Å². The minimum Gasteiger partial charge on any atom is -0.323 e. The topological polar surface area (TPSA) is 17.1 Å². The van der Waals surface area contributed by atoms with Crippen LogP contribution in [0.25, 0.3) is 0 Å². The summed E-state index contributed by atoms with van der Waals surface area (Å²) < 4.78 is 1.38. The molecule has 164 valence electrons. The molecule has 0 bridgehead atoms. The number of rotatable bonds is 13. The molecule has 0 saturated heterocycles. The Bertz CT molecular complexity index is 396. The lowest BCUT2D eigenvalue weighted by Crippen LogP contribution is -2.53. The third-order valence-electron chi connectivity index (χ3n) is 7.86. The number of Topliss-reactive ketones (excluding diaryl/α,β-unsaturated/α-hetero) is 1. The summed E-state index contributed by atoms with van der Waals surface area (Å²) in [7, 11) is 0. The van der Waals surface area contributed by atoms with Crippen LogP contribution in [0.1, 0.15) is 117 Å². The summed E-state index contributed by atoms with van der Waals surface area (Å²) in [5.41, 5.74) is 0. The van der Waals surface area contributed by atoms with E-state index in [1.165, 1.54) is 127 Å². The first-order valence-corrected chi connectivity index (χ1v) is 13.0. The molecule has 0 aliphatic heterocycles. The van der Waals surface area contributed by atoms with Gasteiger partial charge >= 0.3 is 0 Å². The maximum absolute atomic E-state index is 13.0. The van der Waals surface area contributed by atoms with E-state index in [2.05, 4.69) is 20.8 Å². The van der Waals surface area contributed by atoms with Gasteiger partial charge in [0.2, 0.25) is 0 Å². The van der Waals surface area contributed by atoms with Crippen LogP contribution in [0.4, 0.5) is 0 Å². The van der Waals surface area contributed by atoms with E-state index in [1.54, 1.807) is 0 Å². The van der Waals surface area contributed by atoms with Gasteiger partial charge in [-0.1, -0.05) is 59.3 Å². The van der Waals surface area contributed by atoms with Crippen molar-refractivity contribution in [2.75, 3.05) is 26.2 Å². The summed E-state index contributed by atoms with van der Waals surface area (Å²) >= 11 is 0. The molecule has 2 rings (SSSR count). The average Bonchev–Trinajstić information content (AvgIpc) is 2.75. The monoisotopic (exact) mass is 392 g/mol. The van der Waals surface area contributed by atoms with Crippen LogP contribution < -0.4 is 0 Å². The first-order valence-electron chi connectivity index (χ1n) is 13.0. The van der Waals surface area contributed by atoms with Crippen molar-refractivity contribution in [1.82, 2.24) is 0 Å². The Morgan fingerprint density at radius 1 is 0.679 bits per heavy atom. The molecule has 0 heterocycles. The van der Waals surface area contributed by atoms with Gasteiger partial charge in [0.1, 0.15) is 5.78 Å². The van der Waals surface area contributed by atoms with E-state index in [-0.39, 0.29) is 0 Å². The summed E-state index contributed by atoms with van der Waals surface area (Å²) in [6.07, 6.45) is 19.4. The van der Waals surface area contributed by atoms with E-state index in [1.807, 2.05) is 0 Å². The molecule has 0 radical (unpaired) electrons. The second-order valence-electron chi connectivity index (χ2n) is 10.2. The molecule has 2 aliphatic carbocycles. The maximum Gasteiger partial charge on any atom is 0.139 e. The van der Waals surface area contributed by atoms with Crippen LogP contribution in [0, 0.1) is 17.8 Å². The lowest BCUT2D eigenvalue weighted by molar-refractivity contribution is -0.932. The van der Waals surface area contributed by atoms with Crippen LogP contribution in [0.15, 0.2) is 0 Å². The van der Waals surface area contributed by atoms with Crippen LogP contribution in [0.2, 0.25) is 0 Å². The SMILES string of the molecule is CCCC[N+](CCCC)(CCCC)CC1CCC(C(=O)C2CCCCC2)CC1. The van der Waals surface area contributed by atoms with Gasteiger partial charge in [-0.25, -0.2) is 0 Å². The molecule has 0 N–H and O–H groups in total. The van der Waals surface area contributed by atoms with Crippen LogP contribution in [0.3, 0.4) is 0 Å². The van der Waals surface area contributed by atoms with E-state index in [4.69, 9.17) is 0 Å². The molecule has 0 aromatic heterocycles. The first-order chi connectivity index (χ1) is 13.6. The molecular weight excluding hydrogens is 342 g/mol. The maximum atomic E-state index is 13.0. The van der Waals surface area contributed by atoms with E-state index in [0.29, 0.717) is 17.6 Å². The smallest absolute Gasteiger partial charge is 0.139 e. The largest absolute Gasteiger partial charge is 0.323 e.